The Labute approximate surface area is 172 Å². The van der Waals surface area contributed by atoms with Crippen LogP contribution in [0.5, 0.6) is 0 Å². The molecule has 1 saturated carbocycles. The van der Waals surface area contributed by atoms with Gasteiger partial charge in [0.2, 0.25) is 0 Å². The number of hydrogen-bond donors (Lipinski definition) is 4. The maximum atomic E-state index is 11.1. The fourth-order valence-electron chi connectivity index (χ4n) is 2.42. The van der Waals surface area contributed by atoms with Crippen molar-refractivity contribution in [2.45, 2.75) is 59.2 Å². The van der Waals surface area contributed by atoms with Gasteiger partial charge in [0.1, 0.15) is 11.4 Å². The number of carbonyl (C=O) groups excluding carboxylic acids is 2. The zero-order chi connectivity index (χ0) is 22.6. The maximum Gasteiger partial charge on any atom is 0.348 e. The van der Waals surface area contributed by atoms with Crippen LogP contribution in [0.3, 0.4) is 0 Å². The van der Waals surface area contributed by atoms with Crippen LogP contribution >= 0.6 is 0 Å². The minimum absolute atomic E-state index is 0.125. The minimum Gasteiger partial charge on any atom is -0.419 e. The van der Waals surface area contributed by atoms with E-state index in [1.54, 1.807) is 0 Å². The number of aryl methyl sites for hydroxylation is 1. The molecule has 1 heterocycles. The summed E-state index contributed by atoms with van der Waals surface area (Å²) in [5.41, 5.74) is 11.7. The molecule has 0 unspecified atom stereocenters. The monoisotopic (exact) mass is 404 g/mol. The van der Waals surface area contributed by atoms with Gasteiger partial charge in [0.15, 0.2) is 0 Å². The van der Waals surface area contributed by atoms with Gasteiger partial charge in [-0.15, -0.1) is 0 Å². The summed E-state index contributed by atoms with van der Waals surface area (Å²) >= 11 is 0. The molecule has 0 atom stereocenters. The quantitative estimate of drug-likeness (QED) is 0.185. The third-order valence-electron chi connectivity index (χ3n) is 3.78. The van der Waals surface area contributed by atoms with Crippen LogP contribution in [0.2, 0.25) is 0 Å². The van der Waals surface area contributed by atoms with Crippen LogP contribution in [0.4, 0.5) is 0 Å². The van der Waals surface area contributed by atoms with Crippen molar-refractivity contribution in [3.63, 3.8) is 0 Å². The van der Waals surface area contributed by atoms with E-state index in [2.05, 4.69) is 6.58 Å². The van der Waals surface area contributed by atoms with Gasteiger partial charge in [-0.1, -0.05) is 50.3 Å². The molecule has 1 aliphatic carbocycles. The first kappa shape index (κ1) is 25.8. The molecule has 1 aromatic rings. The third kappa shape index (κ3) is 9.05. The Balaban J connectivity index is 0.000000436. The number of benzene rings is 1. The lowest BCUT2D eigenvalue weighted by Gasteiger charge is -2.32. The predicted molar refractivity (Wildman–Crippen MR) is 114 cm³/mol. The van der Waals surface area contributed by atoms with Crippen molar-refractivity contribution < 1.29 is 19.1 Å². The second-order valence-corrected chi connectivity index (χ2v) is 6.34. The van der Waals surface area contributed by atoms with Crippen LogP contribution in [0.1, 0.15) is 57.6 Å². The van der Waals surface area contributed by atoms with Crippen molar-refractivity contribution in [3.8, 4) is 0 Å². The Morgan fingerprint density at radius 3 is 1.72 bits per heavy atom. The van der Waals surface area contributed by atoms with E-state index in [9.17, 15) is 9.59 Å². The highest BCUT2D eigenvalue weighted by Gasteiger charge is 2.47. The Morgan fingerprint density at radius 1 is 1.00 bits per heavy atom. The van der Waals surface area contributed by atoms with Gasteiger partial charge in [-0.25, -0.2) is 9.59 Å². The lowest BCUT2D eigenvalue weighted by molar-refractivity contribution is -0.232. The van der Waals surface area contributed by atoms with Crippen LogP contribution in [0, 0.1) is 17.7 Å². The molecule has 1 saturated heterocycles. The van der Waals surface area contributed by atoms with Crippen LogP contribution in [-0.2, 0) is 19.1 Å². The lowest BCUT2D eigenvalue weighted by Crippen LogP contribution is -2.44. The fraction of sp³-hybridized carbons (Fsp3) is 0.429. The minimum atomic E-state index is -0.963. The topological polar surface area (TPSA) is 152 Å². The summed E-state index contributed by atoms with van der Waals surface area (Å²) in [5, 5.41) is 13.4. The summed E-state index contributed by atoms with van der Waals surface area (Å²) in [4.78, 5) is 22.3. The van der Waals surface area contributed by atoms with Gasteiger partial charge in [0.05, 0.1) is 5.84 Å². The van der Waals surface area contributed by atoms with E-state index < -0.39 is 17.7 Å². The van der Waals surface area contributed by atoms with Crippen molar-refractivity contribution in [1.82, 2.24) is 0 Å². The number of rotatable bonds is 1. The number of hydrogen-bond acceptors (Lipinski definition) is 6. The first-order chi connectivity index (χ1) is 13.6. The molecule has 0 bridgehead atoms. The van der Waals surface area contributed by atoms with Crippen molar-refractivity contribution in [3.05, 3.63) is 47.5 Å². The van der Waals surface area contributed by atoms with Gasteiger partial charge >= 0.3 is 11.9 Å². The van der Waals surface area contributed by atoms with Crippen molar-refractivity contribution >= 4 is 23.6 Å². The predicted octanol–water partition coefficient (Wildman–Crippen LogP) is 3.16. The van der Waals surface area contributed by atoms with Gasteiger partial charge in [0, 0.05) is 18.4 Å². The number of carbonyl (C=O) groups is 2. The van der Waals surface area contributed by atoms with Gasteiger partial charge < -0.3 is 20.9 Å². The van der Waals surface area contributed by atoms with E-state index in [-0.39, 0.29) is 17.2 Å². The number of nitrogens with two attached hydrogens (primary N) is 2. The molecule has 8 nitrogen and oxygen atoms in total. The highest BCUT2D eigenvalue weighted by atomic mass is 16.7. The van der Waals surface area contributed by atoms with E-state index in [0.29, 0.717) is 12.8 Å². The smallest absolute Gasteiger partial charge is 0.348 e. The van der Waals surface area contributed by atoms with Crippen LogP contribution in [0.25, 0.3) is 0 Å². The second-order valence-electron chi connectivity index (χ2n) is 6.34. The third-order valence-corrected chi connectivity index (χ3v) is 3.78. The molecule has 1 aromatic carbocycles. The number of amidine groups is 2. The zero-order valence-electron chi connectivity index (χ0n) is 17.6. The average Bonchev–Trinajstić information content (AvgIpc) is 3.09. The SMILES string of the molecule is C=C1C(=O)OC2(CCCC2)OC1=O.CC.CC(=N)N.Cc1ccc(C(=N)N)cc1. The summed E-state index contributed by atoms with van der Waals surface area (Å²) in [6.07, 6.45) is 3.07. The molecule has 6 N–H and O–H groups in total. The summed E-state index contributed by atoms with van der Waals surface area (Å²) in [6.45, 7) is 10.8. The largest absolute Gasteiger partial charge is 0.419 e. The number of ether oxygens (including phenoxy) is 2. The van der Waals surface area contributed by atoms with Crippen LogP contribution in [-0.4, -0.2) is 29.4 Å². The fourth-order valence-corrected chi connectivity index (χ4v) is 2.42. The van der Waals surface area contributed by atoms with E-state index in [4.69, 9.17) is 31.8 Å². The maximum absolute atomic E-state index is 11.1. The molecule has 3 rings (SSSR count). The molecule has 1 spiro atoms. The molecular weight excluding hydrogens is 372 g/mol. The number of nitrogen functional groups attached to an aromatic ring is 1. The number of esters is 2. The van der Waals surface area contributed by atoms with Crippen molar-refractivity contribution in [2.75, 3.05) is 0 Å². The summed E-state index contributed by atoms with van der Waals surface area (Å²) < 4.78 is 10.1. The summed E-state index contributed by atoms with van der Waals surface area (Å²) in [5.74, 6) is -1.95. The Kier molecular flexibility index (Phi) is 11.0. The molecule has 2 fully saturated rings. The average molecular weight is 405 g/mol. The molecule has 0 amide bonds. The molecule has 0 radical (unpaired) electrons. The van der Waals surface area contributed by atoms with Crippen molar-refractivity contribution in [1.29, 1.82) is 10.8 Å². The Morgan fingerprint density at radius 2 is 1.38 bits per heavy atom. The first-order valence-electron chi connectivity index (χ1n) is 9.43. The molecule has 2 aliphatic rings. The van der Waals surface area contributed by atoms with E-state index >= 15 is 0 Å². The van der Waals surface area contributed by atoms with Gasteiger partial charge in [-0.3, -0.25) is 10.8 Å². The molecule has 8 heteroatoms. The first-order valence-corrected chi connectivity index (χ1v) is 9.43. The van der Waals surface area contributed by atoms with E-state index in [0.717, 1.165) is 18.4 Å². The molecule has 160 valence electrons. The van der Waals surface area contributed by atoms with Gasteiger partial charge in [-0.2, -0.15) is 0 Å². The van der Waals surface area contributed by atoms with Crippen molar-refractivity contribution in [2.24, 2.45) is 11.5 Å². The lowest BCUT2D eigenvalue weighted by atomic mass is 10.1. The van der Waals surface area contributed by atoms with E-state index in [1.165, 1.54) is 12.5 Å². The molecular formula is C21H32N4O4. The van der Waals surface area contributed by atoms with Gasteiger partial charge in [0.25, 0.3) is 5.79 Å². The number of nitrogens with one attached hydrogen (secondary N) is 2. The molecule has 0 aromatic heterocycles. The highest BCUT2D eigenvalue weighted by molar-refractivity contribution is 6.14. The standard InChI is InChI=1S/C9H10O4.C8H10N2.C2H6N2.C2H6/c1-6-7(10)12-9(13-8(6)11)4-2-3-5-9;1-6-2-4-7(5-3-6)8(9)10;1-2(3)4;1-2/h1-5H2;2-5H,1H3,(H3,9,10);1H3,(H3,3,4);1-2H3. The van der Waals surface area contributed by atoms with Crippen LogP contribution < -0.4 is 11.5 Å². The Bertz CT molecular complexity index is 710. The summed E-state index contributed by atoms with van der Waals surface area (Å²) in [6, 6.07) is 7.57. The highest BCUT2D eigenvalue weighted by Crippen LogP contribution is 2.37. The normalized spacial score (nSPS) is 15.9. The Hall–Kier alpha value is -3.16. The van der Waals surface area contributed by atoms with E-state index in [1.807, 2.05) is 45.0 Å². The molecule has 29 heavy (non-hydrogen) atoms. The van der Waals surface area contributed by atoms with Crippen LogP contribution in [0.15, 0.2) is 36.4 Å². The van der Waals surface area contributed by atoms with Gasteiger partial charge in [-0.05, 0) is 26.7 Å². The second kappa shape index (κ2) is 12.3. The molecule has 1 aliphatic heterocycles. The summed E-state index contributed by atoms with van der Waals surface area (Å²) in [7, 11) is 0. The zero-order valence-corrected chi connectivity index (χ0v) is 17.6.